The van der Waals surface area contributed by atoms with Crippen LogP contribution in [-0.4, -0.2) is 25.2 Å². The lowest BCUT2D eigenvalue weighted by Gasteiger charge is -2.34. The average Bonchev–Trinajstić information content (AvgIpc) is 2.23. The Hall–Kier alpha value is -0.570. The third-order valence-corrected chi connectivity index (χ3v) is 3.82. The second-order valence-corrected chi connectivity index (χ2v) is 5.31. The molecule has 0 heterocycles. The number of nitrogens with one attached hydrogen (secondary N) is 1. The van der Waals surface area contributed by atoms with E-state index in [-0.39, 0.29) is 12.0 Å². The fourth-order valence-electron chi connectivity index (χ4n) is 2.49. The van der Waals surface area contributed by atoms with Gasteiger partial charge in [0.2, 0.25) is 0 Å². The number of rotatable bonds is 4. The number of methoxy groups -OCH3 is 1. The largest absolute Gasteiger partial charge is 0.469 e. The average molecular weight is 227 g/mol. The SMILES string of the molecule is COC(=O)CC(C)NC1CCC(C)C(C)C1. The number of carbonyl (C=O) groups excluding carboxylic acids is 1. The Morgan fingerprint density at radius 2 is 2.06 bits per heavy atom. The van der Waals surface area contributed by atoms with Gasteiger partial charge in [-0.15, -0.1) is 0 Å². The molecule has 0 spiro atoms. The second kappa shape index (κ2) is 6.24. The number of hydrogen-bond donors (Lipinski definition) is 1. The summed E-state index contributed by atoms with van der Waals surface area (Å²) in [6, 6.07) is 0.795. The van der Waals surface area contributed by atoms with E-state index in [1.807, 2.05) is 0 Å². The smallest absolute Gasteiger partial charge is 0.307 e. The standard InChI is InChI=1S/C13H25NO2/c1-9-5-6-12(7-10(9)2)14-11(3)8-13(15)16-4/h9-12,14H,5-8H2,1-4H3. The molecule has 0 aromatic carbocycles. The molecule has 1 aliphatic carbocycles. The fraction of sp³-hybridized carbons (Fsp3) is 0.923. The Morgan fingerprint density at radius 3 is 2.62 bits per heavy atom. The number of esters is 1. The van der Waals surface area contributed by atoms with Gasteiger partial charge in [0.1, 0.15) is 0 Å². The molecule has 0 saturated heterocycles. The Morgan fingerprint density at radius 1 is 1.38 bits per heavy atom. The van der Waals surface area contributed by atoms with Gasteiger partial charge in [0.05, 0.1) is 13.5 Å². The van der Waals surface area contributed by atoms with E-state index in [0.29, 0.717) is 12.5 Å². The summed E-state index contributed by atoms with van der Waals surface area (Å²) >= 11 is 0. The summed E-state index contributed by atoms with van der Waals surface area (Å²) in [5, 5.41) is 3.53. The third kappa shape index (κ3) is 4.12. The minimum absolute atomic E-state index is 0.128. The van der Waals surface area contributed by atoms with Crippen molar-refractivity contribution in [2.24, 2.45) is 11.8 Å². The van der Waals surface area contributed by atoms with Gasteiger partial charge in [-0.3, -0.25) is 4.79 Å². The van der Waals surface area contributed by atoms with Gasteiger partial charge in [0, 0.05) is 12.1 Å². The molecule has 3 heteroatoms. The van der Waals surface area contributed by atoms with E-state index in [2.05, 4.69) is 30.8 Å². The molecule has 4 atom stereocenters. The molecule has 1 N–H and O–H groups in total. The van der Waals surface area contributed by atoms with Crippen LogP contribution in [0.4, 0.5) is 0 Å². The minimum atomic E-state index is -0.128. The normalized spacial score (nSPS) is 32.1. The number of ether oxygens (including phenoxy) is 1. The first-order valence-corrected chi connectivity index (χ1v) is 6.35. The van der Waals surface area contributed by atoms with E-state index in [1.54, 1.807) is 0 Å². The van der Waals surface area contributed by atoms with E-state index in [9.17, 15) is 4.79 Å². The van der Waals surface area contributed by atoms with Gasteiger partial charge in [-0.2, -0.15) is 0 Å². The lowest BCUT2D eigenvalue weighted by Crippen LogP contribution is -2.42. The highest BCUT2D eigenvalue weighted by Gasteiger charge is 2.25. The van der Waals surface area contributed by atoms with Gasteiger partial charge in [-0.25, -0.2) is 0 Å². The van der Waals surface area contributed by atoms with Crippen molar-refractivity contribution in [3.63, 3.8) is 0 Å². The monoisotopic (exact) mass is 227 g/mol. The molecule has 4 unspecified atom stereocenters. The summed E-state index contributed by atoms with van der Waals surface area (Å²) < 4.78 is 4.67. The van der Waals surface area contributed by atoms with Crippen molar-refractivity contribution in [1.82, 2.24) is 5.32 Å². The highest BCUT2D eigenvalue weighted by Crippen LogP contribution is 2.29. The van der Waals surface area contributed by atoms with Crippen LogP contribution in [0.5, 0.6) is 0 Å². The molecule has 1 saturated carbocycles. The predicted octanol–water partition coefficient (Wildman–Crippen LogP) is 2.35. The first-order chi connectivity index (χ1) is 7.52. The van der Waals surface area contributed by atoms with E-state index in [1.165, 1.54) is 26.4 Å². The van der Waals surface area contributed by atoms with Crippen molar-refractivity contribution in [2.75, 3.05) is 7.11 Å². The van der Waals surface area contributed by atoms with Gasteiger partial charge in [0.25, 0.3) is 0 Å². The first kappa shape index (κ1) is 13.5. The number of hydrogen-bond acceptors (Lipinski definition) is 3. The topological polar surface area (TPSA) is 38.3 Å². The first-order valence-electron chi connectivity index (χ1n) is 6.35. The molecule has 1 aliphatic rings. The van der Waals surface area contributed by atoms with Gasteiger partial charge >= 0.3 is 5.97 Å². The van der Waals surface area contributed by atoms with Crippen molar-refractivity contribution < 1.29 is 9.53 Å². The molecule has 0 aliphatic heterocycles. The molecule has 0 radical (unpaired) electrons. The van der Waals surface area contributed by atoms with Gasteiger partial charge < -0.3 is 10.1 Å². The molecular formula is C13H25NO2. The zero-order chi connectivity index (χ0) is 12.1. The Labute approximate surface area is 98.9 Å². The van der Waals surface area contributed by atoms with Crippen LogP contribution in [0.15, 0.2) is 0 Å². The van der Waals surface area contributed by atoms with Crippen molar-refractivity contribution in [3.8, 4) is 0 Å². The zero-order valence-electron chi connectivity index (χ0n) is 11.0. The van der Waals surface area contributed by atoms with Gasteiger partial charge in [0.15, 0.2) is 0 Å². The highest BCUT2D eigenvalue weighted by atomic mass is 16.5. The highest BCUT2D eigenvalue weighted by molar-refractivity contribution is 5.69. The summed E-state index contributed by atoms with van der Waals surface area (Å²) in [7, 11) is 1.44. The minimum Gasteiger partial charge on any atom is -0.469 e. The van der Waals surface area contributed by atoms with E-state index >= 15 is 0 Å². The molecule has 1 fully saturated rings. The molecule has 3 nitrogen and oxygen atoms in total. The molecular weight excluding hydrogens is 202 g/mol. The molecule has 0 bridgehead atoms. The maximum absolute atomic E-state index is 11.1. The van der Waals surface area contributed by atoms with Crippen LogP contribution in [0.3, 0.4) is 0 Å². The van der Waals surface area contributed by atoms with Crippen LogP contribution < -0.4 is 5.32 Å². The van der Waals surface area contributed by atoms with E-state index < -0.39 is 0 Å². The lowest BCUT2D eigenvalue weighted by atomic mass is 9.79. The summed E-state index contributed by atoms with van der Waals surface area (Å²) in [6.45, 7) is 6.71. The molecule has 0 amide bonds. The zero-order valence-corrected chi connectivity index (χ0v) is 11.0. The molecule has 0 aromatic rings. The summed E-state index contributed by atoms with van der Waals surface area (Å²) in [5.74, 6) is 1.50. The van der Waals surface area contributed by atoms with Crippen molar-refractivity contribution in [1.29, 1.82) is 0 Å². The fourth-order valence-corrected chi connectivity index (χ4v) is 2.49. The summed E-state index contributed by atoms with van der Waals surface area (Å²) in [6.07, 6.45) is 4.23. The Bertz CT molecular complexity index is 230. The Balaban J connectivity index is 2.29. The predicted molar refractivity (Wildman–Crippen MR) is 65.2 cm³/mol. The molecule has 1 rings (SSSR count). The molecule has 94 valence electrons. The number of carbonyl (C=O) groups is 1. The summed E-state index contributed by atoms with van der Waals surface area (Å²) in [5.41, 5.74) is 0. The van der Waals surface area contributed by atoms with Crippen LogP contribution in [0.1, 0.15) is 46.5 Å². The second-order valence-electron chi connectivity index (χ2n) is 5.31. The maximum Gasteiger partial charge on any atom is 0.307 e. The lowest BCUT2D eigenvalue weighted by molar-refractivity contribution is -0.141. The van der Waals surface area contributed by atoms with Crippen molar-refractivity contribution in [3.05, 3.63) is 0 Å². The Kier molecular flexibility index (Phi) is 5.26. The van der Waals surface area contributed by atoms with E-state index in [4.69, 9.17) is 0 Å². The quantitative estimate of drug-likeness (QED) is 0.749. The van der Waals surface area contributed by atoms with Crippen LogP contribution in [0.2, 0.25) is 0 Å². The van der Waals surface area contributed by atoms with Gasteiger partial charge in [-0.1, -0.05) is 13.8 Å². The van der Waals surface area contributed by atoms with E-state index in [0.717, 1.165) is 11.8 Å². The third-order valence-electron chi connectivity index (χ3n) is 3.82. The van der Waals surface area contributed by atoms with Crippen molar-refractivity contribution in [2.45, 2.75) is 58.5 Å². The van der Waals surface area contributed by atoms with Crippen LogP contribution in [-0.2, 0) is 9.53 Å². The molecule has 16 heavy (non-hydrogen) atoms. The molecule has 0 aromatic heterocycles. The van der Waals surface area contributed by atoms with Gasteiger partial charge in [-0.05, 0) is 38.0 Å². The summed E-state index contributed by atoms with van der Waals surface area (Å²) in [4.78, 5) is 11.1. The van der Waals surface area contributed by atoms with Crippen LogP contribution in [0.25, 0.3) is 0 Å². The van der Waals surface area contributed by atoms with Crippen LogP contribution >= 0.6 is 0 Å². The van der Waals surface area contributed by atoms with Crippen molar-refractivity contribution >= 4 is 5.97 Å². The van der Waals surface area contributed by atoms with Crippen LogP contribution in [0, 0.1) is 11.8 Å². The maximum atomic E-state index is 11.1.